The molecule has 6 N–H and O–H groups in total. The third-order valence-electron chi connectivity index (χ3n) is 6.04. The second-order valence-electron chi connectivity index (χ2n) is 9.03. The maximum absolute atomic E-state index is 13.0. The van der Waals surface area contributed by atoms with E-state index in [1.165, 1.54) is 42.9 Å². The van der Waals surface area contributed by atoms with Crippen LogP contribution in [0.5, 0.6) is 0 Å². The number of sulfonamides is 1. The molecule has 2 aromatic carbocycles. The number of imidazole rings is 1. The van der Waals surface area contributed by atoms with Gasteiger partial charge in [0.1, 0.15) is 12.2 Å². The number of rotatable bonds is 7. The first-order valence-corrected chi connectivity index (χ1v) is 14.6. The van der Waals surface area contributed by atoms with Gasteiger partial charge in [-0.05, 0) is 48.9 Å². The van der Waals surface area contributed by atoms with Crippen LogP contribution < -0.4 is 26.2 Å². The summed E-state index contributed by atoms with van der Waals surface area (Å²) < 4.78 is 32.8. The van der Waals surface area contributed by atoms with Crippen LogP contribution in [-0.2, 0) is 19.6 Å². The monoisotopic (exact) mass is 625 g/mol. The zero-order valence-electron chi connectivity index (χ0n) is 22.8. The smallest absolute Gasteiger partial charge is 0.411 e. The number of amides is 2. The molecule has 16 heteroatoms. The van der Waals surface area contributed by atoms with E-state index in [4.69, 9.17) is 17.4 Å². The third kappa shape index (κ3) is 8.28. The largest absolute Gasteiger partial charge is 0.453 e. The number of nitrogens with two attached hydrogens (primary N) is 1. The number of nitrogens with zero attached hydrogens (tertiary/aromatic N) is 4. The van der Waals surface area contributed by atoms with E-state index in [1.807, 2.05) is 0 Å². The fourth-order valence-electron chi connectivity index (χ4n) is 4.07. The van der Waals surface area contributed by atoms with Crippen molar-refractivity contribution in [2.75, 3.05) is 27.9 Å². The second kappa shape index (κ2) is 13.8. The summed E-state index contributed by atoms with van der Waals surface area (Å²) in [6.07, 6.45) is 8.30. The molecule has 4 rings (SSSR count). The molecule has 0 saturated carbocycles. The summed E-state index contributed by atoms with van der Waals surface area (Å²) in [5.41, 5.74) is 2.53. The van der Waals surface area contributed by atoms with Crippen molar-refractivity contribution in [1.29, 1.82) is 0 Å². The van der Waals surface area contributed by atoms with Gasteiger partial charge >= 0.3 is 6.09 Å². The summed E-state index contributed by atoms with van der Waals surface area (Å²) in [6.45, 7) is 3.27. The van der Waals surface area contributed by atoms with Crippen LogP contribution in [0.15, 0.2) is 71.0 Å². The van der Waals surface area contributed by atoms with Crippen LogP contribution in [0.4, 0.5) is 21.9 Å². The second-order valence-corrected chi connectivity index (χ2v) is 11.2. The SMILES string of the molecule is C=N/N=C\N(N)c1ccc(Cl)cc1/C=C/C(=O)N[C@H]1C/C=C\CS(=O)(=O)Nc2cc(NC(=O)OC)ccc2-c2cnc1[nH]2. The molecule has 1 aliphatic rings. The predicted molar refractivity (Wildman–Crippen MR) is 167 cm³/mol. The van der Waals surface area contributed by atoms with Gasteiger partial charge in [-0.2, -0.15) is 5.10 Å². The van der Waals surface area contributed by atoms with Crippen molar-refractivity contribution in [3.63, 3.8) is 0 Å². The van der Waals surface area contributed by atoms with Gasteiger partial charge in [0.15, 0.2) is 0 Å². The number of hydrogen-bond donors (Lipinski definition) is 5. The molecule has 1 aromatic heterocycles. The Morgan fingerprint density at radius 1 is 1.26 bits per heavy atom. The molecule has 2 amide bonds. The Labute approximate surface area is 252 Å². The van der Waals surface area contributed by atoms with E-state index in [0.717, 1.165) is 0 Å². The Morgan fingerprint density at radius 3 is 2.84 bits per heavy atom. The highest BCUT2D eigenvalue weighted by atomic mass is 35.5. The van der Waals surface area contributed by atoms with Crippen molar-refractivity contribution in [3.8, 4) is 11.3 Å². The number of methoxy groups -OCH3 is 1. The first-order chi connectivity index (χ1) is 20.6. The molecule has 3 aromatic rings. The molecule has 2 heterocycles. The van der Waals surface area contributed by atoms with E-state index in [1.54, 1.807) is 42.5 Å². The van der Waals surface area contributed by atoms with Crippen molar-refractivity contribution in [1.82, 2.24) is 15.3 Å². The number of benzene rings is 2. The highest BCUT2D eigenvalue weighted by Gasteiger charge is 2.21. The minimum absolute atomic E-state index is 0.210. The lowest BCUT2D eigenvalue weighted by Gasteiger charge is -2.17. The number of carbonyl (C=O) groups is 2. The lowest BCUT2D eigenvalue weighted by molar-refractivity contribution is -0.117. The Morgan fingerprint density at radius 2 is 2.07 bits per heavy atom. The number of nitrogens with one attached hydrogen (secondary N) is 4. The number of aromatic nitrogens is 2. The van der Waals surface area contributed by atoms with Gasteiger partial charge in [-0.15, -0.1) is 5.10 Å². The first-order valence-electron chi connectivity index (χ1n) is 12.6. The van der Waals surface area contributed by atoms with Crippen LogP contribution >= 0.6 is 11.6 Å². The van der Waals surface area contributed by atoms with Gasteiger partial charge in [-0.25, -0.2) is 24.0 Å². The zero-order chi connectivity index (χ0) is 31.0. The first kappa shape index (κ1) is 31.0. The van der Waals surface area contributed by atoms with E-state index >= 15 is 0 Å². The van der Waals surface area contributed by atoms with Crippen LogP contribution in [0.2, 0.25) is 5.02 Å². The van der Waals surface area contributed by atoms with E-state index < -0.39 is 28.1 Å². The summed E-state index contributed by atoms with van der Waals surface area (Å²) in [7, 11) is -2.59. The number of anilines is 3. The zero-order valence-corrected chi connectivity index (χ0v) is 24.4. The van der Waals surface area contributed by atoms with Gasteiger partial charge in [-0.3, -0.25) is 19.8 Å². The molecule has 0 spiro atoms. The maximum atomic E-state index is 13.0. The quantitative estimate of drug-likeness (QED) is 0.0652. The lowest BCUT2D eigenvalue weighted by atomic mass is 10.1. The molecule has 1 atom stereocenters. The van der Waals surface area contributed by atoms with E-state index in [2.05, 4.69) is 47.0 Å². The number of hydrazine groups is 1. The average molecular weight is 626 g/mol. The molecule has 0 fully saturated rings. The number of hydrogen-bond acceptors (Lipinski definition) is 9. The van der Waals surface area contributed by atoms with Gasteiger partial charge in [0.05, 0.1) is 42.2 Å². The fourth-order valence-corrected chi connectivity index (χ4v) is 5.23. The average Bonchev–Trinajstić information content (AvgIpc) is 3.46. The van der Waals surface area contributed by atoms with Crippen LogP contribution in [-0.4, -0.2) is 56.3 Å². The molecule has 2 bridgehead atoms. The molecule has 1 aliphatic heterocycles. The molecular weight excluding hydrogens is 598 g/mol. The maximum Gasteiger partial charge on any atom is 0.411 e. The predicted octanol–water partition coefficient (Wildman–Crippen LogP) is 3.80. The molecule has 224 valence electrons. The number of H-pyrrole nitrogens is 1. The van der Waals surface area contributed by atoms with Crippen LogP contribution in [0.3, 0.4) is 0 Å². The normalized spacial score (nSPS) is 16.7. The Bertz CT molecular complexity index is 1720. The Hall–Kier alpha value is -4.99. The summed E-state index contributed by atoms with van der Waals surface area (Å²) in [6, 6.07) is 8.98. The number of fused-ring (bicyclic) bond motifs is 4. The number of halogens is 1. The van der Waals surface area contributed by atoms with Crippen LogP contribution in [0.25, 0.3) is 17.3 Å². The lowest BCUT2D eigenvalue weighted by Crippen LogP contribution is -2.29. The molecule has 0 saturated heterocycles. The standard InChI is InChI=1S/C27H28ClN9O5S/c1-30-32-16-37(29)24-10-7-18(28)13-17(24)6-11-25(38)34-21-5-3-4-12-43(40,41)36-22-14-19(33-27(39)42-2)8-9-20(22)23-15-31-26(21)35-23/h3-4,6-11,13-16,21,36H,1,5,12,29H2,2H3,(H,31,35)(H,33,39)(H,34,38)/b4-3-,11-6+,32-16-/t21-/m0/s1. The van der Waals surface area contributed by atoms with Gasteiger partial charge in [0.25, 0.3) is 0 Å². The number of aromatic amines is 1. The Balaban J connectivity index is 1.62. The van der Waals surface area contributed by atoms with Crippen LogP contribution in [0.1, 0.15) is 23.9 Å². The Kier molecular flexibility index (Phi) is 9.92. The van der Waals surface area contributed by atoms with Crippen LogP contribution in [0, 0.1) is 0 Å². The summed E-state index contributed by atoms with van der Waals surface area (Å²) in [5.74, 6) is 5.68. The minimum atomic E-state index is -3.81. The van der Waals surface area contributed by atoms with Crippen molar-refractivity contribution in [2.24, 2.45) is 16.0 Å². The van der Waals surface area contributed by atoms with E-state index in [-0.39, 0.29) is 17.9 Å². The van der Waals surface area contributed by atoms with Gasteiger partial charge < -0.3 is 15.0 Å². The van der Waals surface area contributed by atoms with Crippen molar-refractivity contribution in [3.05, 3.63) is 77.2 Å². The van der Waals surface area contributed by atoms with E-state index in [9.17, 15) is 18.0 Å². The van der Waals surface area contributed by atoms with Crippen molar-refractivity contribution < 1.29 is 22.7 Å². The topological polar surface area (TPSA) is 196 Å². The van der Waals surface area contributed by atoms with Crippen molar-refractivity contribution in [2.45, 2.75) is 12.5 Å². The number of carbonyl (C=O) groups excluding carboxylic acids is 2. The van der Waals surface area contributed by atoms with Gasteiger partial charge in [-0.1, -0.05) is 23.8 Å². The molecule has 43 heavy (non-hydrogen) atoms. The van der Waals surface area contributed by atoms with Gasteiger partial charge in [0.2, 0.25) is 15.9 Å². The molecular formula is C27H28ClN9O5S. The van der Waals surface area contributed by atoms with Gasteiger partial charge in [0, 0.05) is 34.6 Å². The molecule has 14 nitrogen and oxygen atoms in total. The summed E-state index contributed by atoms with van der Waals surface area (Å²) in [4.78, 5) is 32.3. The minimum Gasteiger partial charge on any atom is -0.453 e. The summed E-state index contributed by atoms with van der Waals surface area (Å²) >= 11 is 6.16. The molecule has 0 radical (unpaired) electrons. The molecule has 0 aliphatic carbocycles. The highest BCUT2D eigenvalue weighted by molar-refractivity contribution is 7.92. The highest BCUT2D eigenvalue weighted by Crippen LogP contribution is 2.32. The summed E-state index contributed by atoms with van der Waals surface area (Å²) in [5, 5.41) is 14.1. The number of ether oxygens (including phenoxy) is 1. The van der Waals surface area contributed by atoms with Crippen molar-refractivity contribution >= 4 is 69.8 Å². The third-order valence-corrected chi connectivity index (χ3v) is 7.44. The van der Waals surface area contributed by atoms with E-state index in [0.29, 0.717) is 39.0 Å². The fraction of sp³-hybridized carbons (Fsp3) is 0.148. The molecule has 0 unspecified atom stereocenters.